The van der Waals surface area contributed by atoms with Crippen molar-refractivity contribution in [3.8, 4) is 5.75 Å². The molecule has 0 aromatic heterocycles. The molecule has 0 unspecified atom stereocenters. The van der Waals surface area contributed by atoms with E-state index in [9.17, 15) is 22.8 Å². The highest BCUT2D eigenvalue weighted by atomic mass is 32.2. The predicted molar refractivity (Wildman–Crippen MR) is 124 cm³/mol. The maximum atomic E-state index is 12.7. The summed E-state index contributed by atoms with van der Waals surface area (Å²) < 4.78 is 38.2. The van der Waals surface area contributed by atoms with Gasteiger partial charge in [0.05, 0.1) is 16.1 Å². The number of aryl methyl sites for hydroxylation is 1. The van der Waals surface area contributed by atoms with Crippen molar-refractivity contribution in [2.75, 3.05) is 23.3 Å². The molecule has 1 amide bonds. The van der Waals surface area contributed by atoms with Crippen molar-refractivity contribution >= 4 is 39.1 Å². The lowest BCUT2D eigenvalue weighted by atomic mass is 10.1. The lowest BCUT2D eigenvalue weighted by Gasteiger charge is -2.18. The summed E-state index contributed by atoms with van der Waals surface area (Å²) in [5.41, 5.74) is 1.83. The van der Waals surface area contributed by atoms with Crippen molar-refractivity contribution in [2.24, 2.45) is 0 Å². The van der Waals surface area contributed by atoms with Gasteiger partial charge in [-0.3, -0.25) is 14.3 Å². The van der Waals surface area contributed by atoms with Crippen LogP contribution in [0.5, 0.6) is 5.75 Å². The summed E-state index contributed by atoms with van der Waals surface area (Å²) in [4.78, 5) is 36.3. The monoisotopic (exact) mass is 480 g/mol. The summed E-state index contributed by atoms with van der Waals surface area (Å²) >= 11 is 0. The Balaban J connectivity index is 1.43. The lowest BCUT2D eigenvalue weighted by molar-refractivity contribution is -0.118. The number of rotatable bonds is 7. The molecule has 2 N–H and O–H groups in total. The van der Waals surface area contributed by atoms with Gasteiger partial charge >= 0.3 is 5.97 Å². The van der Waals surface area contributed by atoms with Crippen molar-refractivity contribution in [2.45, 2.75) is 11.8 Å². The molecule has 0 saturated carbocycles. The second-order valence-electron chi connectivity index (χ2n) is 7.55. The number of esters is 1. The van der Waals surface area contributed by atoms with Gasteiger partial charge in [-0.15, -0.1) is 0 Å². The lowest BCUT2D eigenvalue weighted by Crippen LogP contribution is -2.25. The van der Waals surface area contributed by atoms with Crippen molar-refractivity contribution in [1.29, 1.82) is 0 Å². The molecule has 0 spiro atoms. The zero-order valence-electron chi connectivity index (χ0n) is 18.0. The minimum Gasteiger partial charge on any atom is -0.482 e. The molecule has 9 nitrogen and oxygen atoms in total. The van der Waals surface area contributed by atoms with Gasteiger partial charge in [-0.05, 0) is 61.0 Å². The SMILES string of the molecule is Cc1cccc(NS(=O)(=O)c2cccc(C(=O)OCC(=O)c3ccc4c(c3)NC(=O)CO4)c2)c1. The standard InChI is InChI=1S/C24H20N2O7S/c1-15-4-2-6-18(10-15)26-34(30,31)19-7-3-5-17(11-19)24(29)33-13-21(27)16-8-9-22-20(12-16)25-23(28)14-32-22/h2-12,26H,13-14H2,1H3,(H,25,28). The van der Waals surface area contributed by atoms with E-state index in [4.69, 9.17) is 9.47 Å². The maximum Gasteiger partial charge on any atom is 0.338 e. The highest BCUT2D eigenvalue weighted by molar-refractivity contribution is 7.92. The van der Waals surface area contributed by atoms with Crippen molar-refractivity contribution in [3.63, 3.8) is 0 Å². The van der Waals surface area contributed by atoms with Gasteiger partial charge < -0.3 is 14.8 Å². The van der Waals surface area contributed by atoms with Crippen LogP contribution in [-0.2, 0) is 19.6 Å². The number of nitrogens with one attached hydrogen (secondary N) is 2. The molecule has 1 heterocycles. The van der Waals surface area contributed by atoms with E-state index in [1.54, 1.807) is 24.3 Å². The Hall–Kier alpha value is -4.18. The number of ether oxygens (including phenoxy) is 2. The molecule has 10 heteroatoms. The zero-order chi connectivity index (χ0) is 24.3. The number of amides is 1. The van der Waals surface area contributed by atoms with Crippen LogP contribution in [0.25, 0.3) is 0 Å². The van der Waals surface area contributed by atoms with Gasteiger partial charge in [0.15, 0.2) is 19.0 Å². The van der Waals surface area contributed by atoms with Gasteiger partial charge in [-0.2, -0.15) is 0 Å². The number of hydrogen-bond acceptors (Lipinski definition) is 7. The third-order valence-electron chi connectivity index (χ3n) is 4.92. The van der Waals surface area contributed by atoms with Crippen LogP contribution in [0.2, 0.25) is 0 Å². The predicted octanol–water partition coefficient (Wildman–Crippen LogP) is 3.17. The van der Waals surface area contributed by atoms with E-state index < -0.39 is 28.4 Å². The molecule has 0 fully saturated rings. The van der Waals surface area contributed by atoms with Crippen molar-refractivity contribution in [1.82, 2.24) is 0 Å². The molecule has 1 aliphatic rings. The number of fused-ring (bicyclic) bond motifs is 1. The number of hydrogen-bond donors (Lipinski definition) is 2. The Morgan fingerprint density at radius 2 is 1.82 bits per heavy atom. The summed E-state index contributed by atoms with van der Waals surface area (Å²) in [5.74, 6) is -1.25. The smallest absolute Gasteiger partial charge is 0.338 e. The van der Waals surface area contributed by atoms with Gasteiger partial charge in [0, 0.05) is 11.3 Å². The first kappa shape index (κ1) is 23.0. The Morgan fingerprint density at radius 3 is 2.62 bits per heavy atom. The Kier molecular flexibility index (Phi) is 6.33. The number of benzene rings is 3. The number of anilines is 2. The minimum absolute atomic E-state index is 0.0222. The van der Waals surface area contributed by atoms with Gasteiger partial charge in [0.25, 0.3) is 15.9 Å². The van der Waals surface area contributed by atoms with E-state index in [0.29, 0.717) is 17.1 Å². The third-order valence-corrected chi connectivity index (χ3v) is 6.30. The highest BCUT2D eigenvalue weighted by Gasteiger charge is 2.20. The van der Waals surface area contributed by atoms with Crippen LogP contribution in [0.1, 0.15) is 26.3 Å². The topological polar surface area (TPSA) is 128 Å². The van der Waals surface area contributed by atoms with Gasteiger partial charge in [0.2, 0.25) is 0 Å². The largest absolute Gasteiger partial charge is 0.482 e. The van der Waals surface area contributed by atoms with E-state index >= 15 is 0 Å². The molecule has 4 rings (SSSR count). The van der Waals surface area contributed by atoms with Gasteiger partial charge in [-0.25, -0.2) is 13.2 Å². The molecule has 174 valence electrons. The Bertz CT molecular complexity index is 1400. The normalized spacial score (nSPS) is 12.7. The summed E-state index contributed by atoms with van der Waals surface area (Å²) in [7, 11) is -3.94. The fourth-order valence-electron chi connectivity index (χ4n) is 3.27. The Labute approximate surface area is 195 Å². The summed E-state index contributed by atoms with van der Waals surface area (Å²) in [6.07, 6.45) is 0. The minimum atomic E-state index is -3.94. The third kappa shape index (κ3) is 5.24. The molecule has 0 radical (unpaired) electrons. The fraction of sp³-hybridized carbons (Fsp3) is 0.125. The van der Waals surface area contributed by atoms with Gasteiger partial charge in [0.1, 0.15) is 5.75 Å². The molecule has 0 aliphatic carbocycles. The molecule has 0 bridgehead atoms. The molecule has 0 atom stereocenters. The number of carbonyl (C=O) groups is 3. The summed E-state index contributed by atoms with van der Waals surface area (Å²) in [5, 5.41) is 2.60. The molecule has 3 aromatic rings. The second-order valence-corrected chi connectivity index (χ2v) is 9.23. The molecule has 34 heavy (non-hydrogen) atoms. The van der Waals surface area contributed by atoms with E-state index in [2.05, 4.69) is 10.0 Å². The average Bonchev–Trinajstić information content (AvgIpc) is 2.81. The highest BCUT2D eigenvalue weighted by Crippen LogP contribution is 2.28. The molecule has 1 aliphatic heterocycles. The van der Waals surface area contributed by atoms with Crippen LogP contribution in [-0.4, -0.2) is 39.3 Å². The van der Waals surface area contributed by atoms with E-state index in [-0.39, 0.29) is 28.5 Å². The van der Waals surface area contributed by atoms with Gasteiger partial charge in [-0.1, -0.05) is 18.2 Å². The van der Waals surface area contributed by atoms with Crippen LogP contribution in [0.15, 0.2) is 71.6 Å². The maximum absolute atomic E-state index is 12.7. The first-order valence-electron chi connectivity index (χ1n) is 10.2. The van der Waals surface area contributed by atoms with Crippen LogP contribution in [0.3, 0.4) is 0 Å². The molecule has 0 saturated heterocycles. The second kappa shape index (κ2) is 9.36. The Morgan fingerprint density at radius 1 is 1.03 bits per heavy atom. The quantitative estimate of drug-likeness (QED) is 0.393. The van der Waals surface area contributed by atoms with Crippen LogP contribution >= 0.6 is 0 Å². The number of ketones is 1. The first-order chi connectivity index (χ1) is 16.2. The summed E-state index contributed by atoms with van der Waals surface area (Å²) in [6.45, 7) is 1.17. The van der Waals surface area contributed by atoms with Crippen LogP contribution < -0.4 is 14.8 Å². The fourth-order valence-corrected chi connectivity index (χ4v) is 4.36. The van der Waals surface area contributed by atoms with Crippen molar-refractivity contribution in [3.05, 3.63) is 83.4 Å². The average molecular weight is 480 g/mol. The van der Waals surface area contributed by atoms with Crippen LogP contribution in [0, 0.1) is 6.92 Å². The molecular formula is C24H20N2O7S. The number of sulfonamides is 1. The van der Waals surface area contributed by atoms with E-state index in [1.165, 1.54) is 36.4 Å². The van der Waals surface area contributed by atoms with E-state index in [0.717, 1.165) is 5.56 Å². The molecule has 3 aromatic carbocycles. The first-order valence-corrected chi connectivity index (χ1v) is 11.7. The van der Waals surface area contributed by atoms with E-state index in [1.807, 2.05) is 13.0 Å². The summed E-state index contributed by atoms with van der Waals surface area (Å²) in [6, 6.07) is 16.7. The number of Topliss-reactive ketones (excluding diaryl/α,β-unsaturated/α-hetero) is 1. The molecular weight excluding hydrogens is 460 g/mol. The zero-order valence-corrected chi connectivity index (χ0v) is 18.8. The number of carbonyl (C=O) groups excluding carboxylic acids is 3. The van der Waals surface area contributed by atoms with Crippen LogP contribution in [0.4, 0.5) is 11.4 Å². The van der Waals surface area contributed by atoms with Crippen molar-refractivity contribution < 1.29 is 32.3 Å².